The molecular weight excluding hydrogens is 232 g/mol. The van der Waals surface area contributed by atoms with Crippen LogP contribution >= 0.6 is 0 Å². The molecule has 1 aromatic carbocycles. The Hall–Kier alpha value is -1.87. The van der Waals surface area contributed by atoms with Gasteiger partial charge in [-0.2, -0.15) is 0 Å². The topological polar surface area (TPSA) is 34.1 Å². The summed E-state index contributed by atoms with van der Waals surface area (Å²) < 4.78 is 24.3. The molecule has 0 bridgehead atoms. The SMILES string of the molecule is C=C/C=C\C=C(/C=C)S(=O)(=O)c1ccccc1. The molecule has 0 aliphatic heterocycles. The molecule has 3 heteroatoms. The van der Waals surface area contributed by atoms with Gasteiger partial charge < -0.3 is 0 Å². The van der Waals surface area contributed by atoms with Crippen LogP contribution in [0.4, 0.5) is 0 Å². The number of benzene rings is 1. The molecule has 1 rings (SSSR count). The maximum Gasteiger partial charge on any atom is 0.206 e. The summed E-state index contributed by atoms with van der Waals surface area (Å²) in [6.45, 7) is 7.04. The van der Waals surface area contributed by atoms with Gasteiger partial charge in [0.2, 0.25) is 9.84 Å². The molecule has 88 valence electrons. The van der Waals surface area contributed by atoms with Crippen molar-refractivity contribution < 1.29 is 8.42 Å². The van der Waals surface area contributed by atoms with Crippen molar-refractivity contribution in [3.63, 3.8) is 0 Å². The monoisotopic (exact) mass is 246 g/mol. The van der Waals surface area contributed by atoms with Crippen molar-refractivity contribution in [2.24, 2.45) is 0 Å². The Kier molecular flexibility index (Phi) is 4.67. The lowest BCUT2D eigenvalue weighted by Crippen LogP contribution is -2.02. The minimum atomic E-state index is -3.47. The second-order valence-corrected chi connectivity index (χ2v) is 5.16. The molecule has 0 heterocycles. The highest BCUT2D eigenvalue weighted by molar-refractivity contribution is 7.95. The van der Waals surface area contributed by atoms with E-state index in [2.05, 4.69) is 13.2 Å². The Labute approximate surface area is 102 Å². The lowest BCUT2D eigenvalue weighted by molar-refractivity contribution is 0.603. The fraction of sp³-hybridized carbons (Fsp3) is 0. The Morgan fingerprint density at radius 2 is 1.71 bits per heavy atom. The van der Waals surface area contributed by atoms with Crippen LogP contribution in [0.5, 0.6) is 0 Å². The molecule has 0 saturated heterocycles. The summed E-state index contributed by atoms with van der Waals surface area (Å²) in [6, 6.07) is 8.27. The smallest absolute Gasteiger partial charge is 0.206 e. The highest BCUT2D eigenvalue weighted by Crippen LogP contribution is 2.19. The summed E-state index contributed by atoms with van der Waals surface area (Å²) in [5, 5.41) is 0. The van der Waals surface area contributed by atoms with E-state index >= 15 is 0 Å². The van der Waals surface area contributed by atoms with Gasteiger partial charge in [0, 0.05) is 0 Å². The van der Waals surface area contributed by atoms with E-state index in [-0.39, 0.29) is 9.80 Å². The van der Waals surface area contributed by atoms with Crippen molar-refractivity contribution in [3.05, 3.63) is 78.8 Å². The van der Waals surface area contributed by atoms with Gasteiger partial charge in [0.25, 0.3) is 0 Å². The molecule has 0 aliphatic carbocycles. The van der Waals surface area contributed by atoms with E-state index in [1.165, 1.54) is 12.2 Å². The Morgan fingerprint density at radius 3 is 2.24 bits per heavy atom. The van der Waals surface area contributed by atoms with Gasteiger partial charge in [0.15, 0.2) is 0 Å². The van der Waals surface area contributed by atoms with Crippen molar-refractivity contribution in [1.82, 2.24) is 0 Å². The lowest BCUT2D eigenvalue weighted by atomic mass is 10.4. The first-order valence-corrected chi connectivity index (χ1v) is 6.53. The second-order valence-electron chi connectivity index (χ2n) is 3.21. The number of hydrogen-bond donors (Lipinski definition) is 0. The first-order chi connectivity index (χ1) is 8.12. The summed E-state index contributed by atoms with van der Waals surface area (Å²) in [7, 11) is -3.47. The van der Waals surface area contributed by atoms with Crippen LogP contribution in [0.2, 0.25) is 0 Å². The molecule has 0 saturated carbocycles. The number of allylic oxidation sites excluding steroid dienone is 5. The van der Waals surface area contributed by atoms with Crippen molar-refractivity contribution >= 4 is 9.84 Å². The Bertz CT molecular complexity index is 549. The van der Waals surface area contributed by atoms with Crippen molar-refractivity contribution in [2.75, 3.05) is 0 Å². The van der Waals surface area contributed by atoms with Gasteiger partial charge in [-0.3, -0.25) is 0 Å². The van der Waals surface area contributed by atoms with Crippen LogP contribution in [0.25, 0.3) is 0 Å². The molecule has 0 aliphatic rings. The minimum absolute atomic E-state index is 0.168. The molecule has 0 unspecified atom stereocenters. The van der Waals surface area contributed by atoms with E-state index in [1.807, 2.05) is 0 Å². The lowest BCUT2D eigenvalue weighted by Gasteiger charge is -2.03. The third kappa shape index (κ3) is 3.29. The van der Waals surface area contributed by atoms with Crippen LogP contribution in [-0.2, 0) is 9.84 Å². The van der Waals surface area contributed by atoms with Gasteiger partial charge in [0.05, 0.1) is 9.80 Å². The van der Waals surface area contributed by atoms with Crippen LogP contribution in [-0.4, -0.2) is 8.42 Å². The molecule has 2 nitrogen and oxygen atoms in total. The molecule has 0 amide bonds. The summed E-state index contributed by atoms with van der Waals surface area (Å²) >= 11 is 0. The summed E-state index contributed by atoms with van der Waals surface area (Å²) in [5.74, 6) is 0. The van der Waals surface area contributed by atoms with E-state index in [1.54, 1.807) is 48.6 Å². The van der Waals surface area contributed by atoms with Gasteiger partial charge in [-0.05, 0) is 18.2 Å². The summed E-state index contributed by atoms with van der Waals surface area (Å²) in [4.78, 5) is 0.431. The molecule has 0 N–H and O–H groups in total. The number of rotatable bonds is 5. The average molecular weight is 246 g/mol. The van der Waals surface area contributed by atoms with Crippen molar-refractivity contribution in [3.8, 4) is 0 Å². The van der Waals surface area contributed by atoms with Gasteiger partial charge >= 0.3 is 0 Å². The predicted octanol–water partition coefficient (Wildman–Crippen LogP) is 3.27. The molecular formula is C14H14O2S. The predicted molar refractivity (Wildman–Crippen MR) is 71.2 cm³/mol. The zero-order valence-corrected chi connectivity index (χ0v) is 10.2. The fourth-order valence-electron chi connectivity index (χ4n) is 1.23. The standard InChI is InChI=1S/C14H14O2S/c1-3-5-7-10-13(4-2)17(15,16)14-11-8-6-9-12-14/h3-12H,1-2H2/b7-5-,13-10+. The average Bonchev–Trinajstić information content (AvgIpc) is 2.35. The van der Waals surface area contributed by atoms with Crippen LogP contribution in [0.15, 0.2) is 83.7 Å². The minimum Gasteiger partial charge on any atom is -0.219 e. The summed E-state index contributed by atoms with van der Waals surface area (Å²) in [5.41, 5.74) is 0. The normalized spacial score (nSPS) is 12.6. The van der Waals surface area contributed by atoms with E-state index in [0.717, 1.165) is 0 Å². The van der Waals surface area contributed by atoms with Gasteiger partial charge in [0.1, 0.15) is 0 Å². The first-order valence-electron chi connectivity index (χ1n) is 5.05. The zero-order chi connectivity index (χ0) is 12.7. The van der Waals surface area contributed by atoms with Gasteiger partial charge in [-0.15, -0.1) is 0 Å². The molecule has 0 atom stereocenters. The zero-order valence-electron chi connectivity index (χ0n) is 9.41. The van der Waals surface area contributed by atoms with Crippen LogP contribution in [0.3, 0.4) is 0 Å². The van der Waals surface area contributed by atoms with Crippen molar-refractivity contribution in [2.45, 2.75) is 4.90 Å². The maximum absolute atomic E-state index is 12.2. The third-order valence-electron chi connectivity index (χ3n) is 2.07. The van der Waals surface area contributed by atoms with Crippen LogP contribution in [0, 0.1) is 0 Å². The first kappa shape index (κ1) is 13.2. The number of sulfone groups is 1. The molecule has 0 aromatic heterocycles. The van der Waals surface area contributed by atoms with Crippen LogP contribution < -0.4 is 0 Å². The Balaban J connectivity index is 3.21. The molecule has 0 fully saturated rings. The molecule has 0 radical (unpaired) electrons. The number of hydrogen-bond acceptors (Lipinski definition) is 2. The van der Waals surface area contributed by atoms with Crippen LogP contribution in [0.1, 0.15) is 0 Å². The van der Waals surface area contributed by atoms with E-state index in [4.69, 9.17) is 0 Å². The quantitative estimate of drug-likeness (QED) is 0.747. The summed E-state index contributed by atoms with van der Waals surface area (Å²) in [6.07, 6.45) is 7.67. The largest absolute Gasteiger partial charge is 0.219 e. The highest BCUT2D eigenvalue weighted by Gasteiger charge is 2.16. The third-order valence-corrected chi connectivity index (χ3v) is 3.89. The van der Waals surface area contributed by atoms with E-state index in [9.17, 15) is 8.42 Å². The molecule has 17 heavy (non-hydrogen) atoms. The second kappa shape index (κ2) is 6.01. The fourth-order valence-corrected chi connectivity index (χ4v) is 2.50. The van der Waals surface area contributed by atoms with Gasteiger partial charge in [-0.1, -0.05) is 55.7 Å². The van der Waals surface area contributed by atoms with E-state index in [0.29, 0.717) is 0 Å². The van der Waals surface area contributed by atoms with Crippen molar-refractivity contribution in [1.29, 1.82) is 0 Å². The molecule has 0 spiro atoms. The highest BCUT2D eigenvalue weighted by atomic mass is 32.2. The Morgan fingerprint density at radius 1 is 1.06 bits per heavy atom. The maximum atomic E-state index is 12.2. The van der Waals surface area contributed by atoms with Gasteiger partial charge in [-0.25, -0.2) is 8.42 Å². The van der Waals surface area contributed by atoms with E-state index < -0.39 is 9.84 Å². The molecule has 1 aromatic rings.